The van der Waals surface area contributed by atoms with Gasteiger partial charge in [0.25, 0.3) is 0 Å². The normalized spacial score (nSPS) is 19.4. The molecule has 0 spiro atoms. The van der Waals surface area contributed by atoms with Crippen LogP contribution in [0, 0.1) is 0 Å². The summed E-state index contributed by atoms with van der Waals surface area (Å²) in [6.07, 6.45) is 0.960. The van der Waals surface area contributed by atoms with Crippen LogP contribution < -0.4 is 9.47 Å². The van der Waals surface area contributed by atoms with Crippen molar-refractivity contribution in [3.05, 3.63) is 58.6 Å². The van der Waals surface area contributed by atoms with Gasteiger partial charge >= 0.3 is 0 Å². The fourth-order valence-electron chi connectivity index (χ4n) is 3.48. The lowest BCUT2D eigenvalue weighted by Gasteiger charge is -2.27. The SMILES string of the molecule is CCOc1cc(OC)ccc1C1=NC(CC)C(c2ccc(Cl)cc2)N1C. The highest BCUT2D eigenvalue weighted by atomic mass is 35.5. The maximum Gasteiger partial charge on any atom is 0.135 e. The van der Waals surface area contributed by atoms with Crippen molar-refractivity contribution in [1.29, 1.82) is 0 Å². The number of likely N-dealkylation sites (N-methyl/N-ethyl adjacent to an activating group) is 1. The summed E-state index contributed by atoms with van der Waals surface area (Å²) in [5.74, 6) is 2.52. The minimum atomic E-state index is 0.184. The topological polar surface area (TPSA) is 34.1 Å². The van der Waals surface area contributed by atoms with E-state index in [1.54, 1.807) is 7.11 Å². The van der Waals surface area contributed by atoms with E-state index in [4.69, 9.17) is 26.1 Å². The summed E-state index contributed by atoms with van der Waals surface area (Å²) in [5, 5.41) is 0.748. The molecule has 0 amide bonds. The Morgan fingerprint density at radius 2 is 1.85 bits per heavy atom. The molecule has 0 aromatic heterocycles. The van der Waals surface area contributed by atoms with Gasteiger partial charge in [0.05, 0.1) is 31.4 Å². The lowest BCUT2D eigenvalue weighted by molar-refractivity contribution is 0.332. The van der Waals surface area contributed by atoms with Gasteiger partial charge in [0.2, 0.25) is 0 Å². The molecule has 0 radical (unpaired) electrons. The summed E-state index contributed by atoms with van der Waals surface area (Å²) in [4.78, 5) is 7.26. The van der Waals surface area contributed by atoms with E-state index < -0.39 is 0 Å². The minimum absolute atomic E-state index is 0.184. The first kappa shape index (κ1) is 18.6. The Morgan fingerprint density at radius 3 is 2.46 bits per heavy atom. The highest BCUT2D eigenvalue weighted by Gasteiger charge is 2.35. The van der Waals surface area contributed by atoms with Crippen molar-refractivity contribution >= 4 is 17.4 Å². The van der Waals surface area contributed by atoms with Crippen molar-refractivity contribution in [2.24, 2.45) is 4.99 Å². The number of hydrogen-bond acceptors (Lipinski definition) is 4. The second kappa shape index (κ2) is 8.00. The van der Waals surface area contributed by atoms with Crippen molar-refractivity contribution in [2.75, 3.05) is 20.8 Å². The number of benzene rings is 2. The predicted octanol–water partition coefficient (Wildman–Crippen LogP) is 4.96. The molecule has 0 aliphatic carbocycles. The lowest BCUT2D eigenvalue weighted by atomic mass is 9.98. The molecule has 2 unspecified atom stereocenters. The van der Waals surface area contributed by atoms with E-state index in [2.05, 4.69) is 31.0 Å². The molecule has 26 heavy (non-hydrogen) atoms. The van der Waals surface area contributed by atoms with Gasteiger partial charge in [-0.2, -0.15) is 0 Å². The number of ether oxygens (including phenoxy) is 2. The minimum Gasteiger partial charge on any atom is -0.497 e. The van der Waals surface area contributed by atoms with E-state index in [0.717, 1.165) is 34.3 Å². The molecule has 0 fully saturated rings. The fraction of sp³-hybridized carbons (Fsp3) is 0.381. The van der Waals surface area contributed by atoms with Crippen LogP contribution in [0.25, 0.3) is 0 Å². The second-order valence-corrected chi connectivity index (χ2v) is 6.77. The maximum absolute atomic E-state index is 6.06. The smallest absolute Gasteiger partial charge is 0.135 e. The Bertz CT molecular complexity index is 789. The van der Waals surface area contributed by atoms with Crippen LogP contribution in [0.4, 0.5) is 0 Å². The molecule has 2 aromatic carbocycles. The van der Waals surface area contributed by atoms with E-state index in [-0.39, 0.29) is 12.1 Å². The average molecular weight is 373 g/mol. The molecule has 0 saturated heterocycles. The molecule has 0 bridgehead atoms. The van der Waals surface area contributed by atoms with Crippen molar-refractivity contribution in [3.8, 4) is 11.5 Å². The molecule has 2 atom stereocenters. The Hall–Kier alpha value is -2.20. The first-order valence-electron chi connectivity index (χ1n) is 8.96. The van der Waals surface area contributed by atoms with Gasteiger partial charge in [-0.05, 0) is 43.2 Å². The predicted molar refractivity (Wildman–Crippen MR) is 107 cm³/mol. The molecule has 138 valence electrons. The van der Waals surface area contributed by atoms with Crippen molar-refractivity contribution in [1.82, 2.24) is 4.90 Å². The summed E-state index contributed by atoms with van der Waals surface area (Å²) < 4.78 is 11.2. The number of halogens is 1. The van der Waals surface area contributed by atoms with Gasteiger partial charge < -0.3 is 14.4 Å². The third-order valence-corrected chi connectivity index (χ3v) is 5.02. The zero-order valence-electron chi connectivity index (χ0n) is 15.7. The Balaban J connectivity index is 1.99. The Morgan fingerprint density at radius 1 is 1.12 bits per heavy atom. The Labute approximate surface area is 160 Å². The molecule has 1 heterocycles. The molecule has 2 aromatic rings. The molecular weight excluding hydrogens is 348 g/mol. The highest BCUT2D eigenvalue weighted by molar-refractivity contribution is 6.30. The maximum atomic E-state index is 6.06. The van der Waals surface area contributed by atoms with E-state index in [1.165, 1.54) is 5.56 Å². The number of nitrogens with zero attached hydrogens (tertiary/aromatic N) is 2. The third kappa shape index (κ3) is 3.51. The van der Waals surface area contributed by atoms with Crippen molar-refractivity contribution in [3.63, 3.8) is 0 Å². The van der Waals surface area contributed by atoms with E-state index >= 15 is 0 Å². The quantitative estimate of drug-likeness (QED) is 0.718. The van der Waals surface area contributed by atoms with Crippen LogP contribution >= 0.6 is 11.6 Å². The average Bonchev–Trinajstić information content (AvgIpc) is 2.99. The molecule has 5 heteroatoms. The van der Waals surface area contributed by atoms with E-state index in [1.807, 2.05) is 37.3 Å². The van der Waals surface area contributed by atoms with Gasteiger partial charge in [-0.15, -0.1) is 0 Å². The van der Waals surface area contributed by atoms with Gasteiger partial charge in [-0.25, -0.2) is 0 Å². The van der Waals surface area contributed by atoms with Crippen LogP contribution in [-0.2, 0) is 0 Å². The zero-order chi connectivity index (χ0) is 18.7. The number of rotatable bonds is 6. The van der Waals surface area contributed by atoms with Crippen LogP contribution in [0.15, 0.2) is 47.5 Å². The fourth-order valence-corrected chi connectivity index (χ4v) is 3.60. The summed E-state index contributed by atoms with van der Waals surface area (Å²) in [7, 11) is 3.75. The van der Waals surface area contributed by atoms with Gasteiger partial charge in [-0.3, -0.25) is 4.99 Å². The monoisotopic (exact) mass is 372 g/mol. The molecule has 4 nitrogen and oxygen atoms in total. The summed E-state index contributed by atoms with van der Waals surface area (Å²) in [5.41, 5.74) is 2.21. The third-order valence-electron chi connectivity index (χ3n) is 4.76. The van der Waals surface area contributed by atoms with Crippen LogP contribution in [-0.4, -0.2) is 37.5 Å². The second-order valence-electron chi connectivity index (χ2n) is 6.33. The van der Waals surface area contributed by atoms with Gasteiger partial charge in [0.15, 0.2) is 0 Å². The number of hydrogen-bond donors (Lipinski definition) is 0. The largest absolute Gasteiger partial charge is 0.497 e. The summed E-state index contributed by atoms with van der Waals surface area (Å²) in [6, 6.07) is 14.3. The first-order chi connectivity index (χ1) is 12.6. The molecule has 1 aliphatic rings. The first-order valence-corrected chi connectivity index (χ1v) is 9.34. The highest BCUT2D eigenvalue weighted by Crippen LogP contribution is 2.37. The number of amidine groups is 1. The molecule has 0 N–H and O–H groups in total. The molecule has 3 rings (SSSR count). The Kier molecular flexibility index (Phi) is 5.72. The van der Waals surface area contributed by atoms with Gasteiger partial charge in [0.1, 0.15) is 17.3 Å². The van der Waals surface area contributed by atoms with Crippen LogP contribution in [0.3, 0.4) is 0 Å². The van der Waals surface area contributed by atoms with Crippen molar-refractivity contribution in [2.45, 2.75) is 32.4 Å². The summed E-state index contributed by atoms with van der Waals surface area (Å²) in [6.45, 7) is 4.75. The van der Waals surface area contributed by atoms with Crippen LogP contribution in [0.1, 0.15) is 37.4 Å². The molecule has 0 saturated carbocycles. The van der Waals surface area contributed by atoms with Gasteiger partial charge in [0, 0.05) is 18.1 Å². The molecular formula is C21H25ClN2O2. The van der Waals surface area contributed by atoms with Crippen LogP contribution in [0.5, 0.6) is 11.5 Å². The van der Waals surface area contributed by atoms with Crippen LogP contribution in [0.2, 0.25) is 5.02 Å². The summed E-state index contributed by atoms with van der Waals surface area (Å²) >= 11 is 6.06. The zero-order valence-corrected chi connectivity index (χ0v) is 16.5. The number of methoxy groups -OCH3 is 1. The van der Waals surface area contributed by atoms with E-state index in [0.29, 0.717) is 6.61 Å². The lowest BCUT2D eigenvalue weighted by Crippen LogP contribution is -2.30. The van der Waals surface area contributed by atoms with Crippen molar-refractivity contribution < 1.29 is 9.47 Å². The molecule has 1 aliphatic heterocycles. The van der Waals surface area contributed by atoms with Gasteiger partial charge in [-0.1, -0.05) is 30.7 Å². The van der Waals surface area contributed by atoms with E-state index in [9.17, 15) is 0 Å². The standard InChI is InChI=1S/C21H25ClN2O2/c1-5-18-20(14-7-9-15(22)10-8-14)24(3)21(23-18)17-12-11-16(25-4)13-19(17)26-6-2/h7-13,18,20H,5-6H2,1-4H3. The number of aliphatic imine (C=N–C) groups is 1.